The molecule has 0 spiro atoms. The number of rotatable bonds is 5. The number of benzene rings is 2. The minimum atomic E-state index is -0.181. The first kappa shape index (κ1) is 17.0. The molecule has 0 bridgehead atoms. The maximum absolute atomic E-state index is 11.6. The Morgan fingerprint density at radius 3 is 2.40 bits per heavy atom. The molecule has 0 radical (unpaired) electrons. The predicted octanol–water partition coefficient (Wildman–Crippen LogP) is 3.55. The number of hydrogen-bond acceptors (Lipinski definition) is 3. The van der Waals surface area contributed by atoms with Crippen LogP contribution in [0.2, 0.25) is 0 Å². The molecular formula is C20H23N3O2. The molecule has 0 unspecified atom stereocenters. The second-order valence-electron chi connectivity index (χ2n) is 6.42. The van der Waals surface area contributed by atoms with E-state index in [0.29, 0.717) is 13.0 Å². The lowest BCUT2D eigenvalue weighted by molar-refractivity contribution is 0.0864. The predicted molar refractivity (Wildman–Crippen MR) is 99.6 cm³/mol. The van der Waals surface area contributed by atoms with Crippen molar-refractivity contribution in [3.8, 4) is 11.1 Å². The van der Waals surface area contributed by atoms with Crippen LogP contribution in [0.1, 0.15) is 25.8 Å². The van der Waals surface area contributed by atoms with Gasteiger partial charge < -0.3 is 15.5 Å². The zero-order valence-corrected chi connectivity index (χ0v) is 14.5. The summed E-state index contributed by atoms with van der Waals surface area (Å²) in [5.74, 6) is 0. The van der Waals surface area contributed by atoms with Crippen molar-refractivity contribution in [3.63, 3.8) is 0 Å². The van der Waals surface area contributed by atoms with Crippen LogP contribution in [0.5, 0.6) is 0 Å². The van der Waals surface area contributed by atoms with Gasteiger partial charge in [-0.15, -0.1) is 0 Å². The summed E-state index contributed by atoms with van der Waals surface area (Å²) in [5, 5.41) is 9.77. The maximum atomic E-state index is 11.6. The molecule has 0 saturated carbocycles. The average Bonchev–Trinajstić information content (AvgIpc) is 3.09. The largest absolute Gasteiger partial charge is 0.390 e. The molecule has 1 aliphatic heterocycles. The highest BCUT2D eigenvalue weighted by atomic mass is 16.6. The number of urea groups is 1. The highest BCUT2D eigenvalue weighted by molar-refractivity contribution is 6.01. The Morgan fingerprint density at radius 1 is 1.08 bits per heavy atom. The molecule has 2 aromatic carbocycles. The van der Waals surface area contributed by atoms with E-state index < -0.39 is 0 Å². The van der Waals surface area contributed by atoms with Crippen LogP contribution in [-0.2, 0) is 4.84 Å². The second kappa shape index (κ2) is 7.83. The summed E-state index contributed by atoms with van der Waals surface area (Å²) in [4.78, 5) is 17.1. The third-order valence-electron chi connectivity index (χ3n) is 3.97. The van der Waals surface area contributed by atoms with Gasteiger partial charge in [-0.05, 0) is 30.5 Å². The van der Waals surface area contributed by atoms with Gasteiger partial charge in [-0.1, -0.05) is 59.8 Å². The van der Waals surface area contributed by atoms with Crippen LogP contribution < -0.4 is 10.6 Å². The number of hydrogen-bond donors (Lipinski definition) is 2. The van der Waals surface area contributed by atoms with Gasteiger partial charge in [0.1, 0.15) is 0 Å². The van der Waals surface area contributed by atoms with Crippen LogP contribution in [-0.4, -0.2) is 30.4 Å². The zero-order valence-electron chi connectivity index (χ0n) is 14.5. The summed E-state index contributed by atoms with van der Waals surface area (Å²) >= 11 is 0. The highest BCUT2D eigenvalue weighted by Gasteiger charge is 2.22. The highest BCUT2D eigenvalue weighted by Crippen LogP contribution is 2.22. The van der Waals surface area contributed by atoms with Crippen LogP contribution in [0.15, 0.2) is 59.8 Å². The molecule has 0 saturated heterocycles. The van der Waals surface area contributed by atoms with Crippen molar-refractivity contribution in [2.45, 2.75) is 32.4 Å². The lowest BCUT2D eigenvalue weighted by Gasteiger charge is -2.12. The molecule has 2 aromatic rings. The molecule has 5 heteroatoms. The van der Waals surface area contributed by atoms with E-state index in [9.17, 15) is 4.79 Å². The number of amides is 2. The van der Waals surface area contributed by atoms with E-state index in [4.69, 9.17) is 4.84 Å². The first-order chi connectivity index (χ1) is 12.1. The van der Waals surface area contributed by atoms with Crippen LogP contribution in [0.3, 0.4) is 0 Å². The first-order valence-electron chi connectivity index (χ1n) is 8.55. The van der Waals surface area contributed by atoms with Gasteiger partial charge in [0.25, 0.3) is 0 Å². The summed E-state index contributed by atoms with van der Waals surface area (Å²) in [5.41, 5.74) is 4.33. The fourth-order valence-corrected chi connectivity index (χ4v) is 2.71. The topological polar surface area (TPSA) is 62.7 Å². The number of oxime groups is 1. The summed E-state index contributed by atoms with van der Waals surface area (Å²) in [6.45, 7) is 4.28. The van der Waals surface area contributed by atoms with E-state index in [0.717, 1.165) is 11.3 Å². The van der Waals surface area contributed by atoms with Crippen LogP contribution >= 0.6 is 0 Å². The quantitative estimate of drug-likeness (QED) is 0.876. The third-order valence-corrected chi connectivity index (χ3v) is 3.97. The minimum absolute atomic E-state index is 0.111. The molecular weight excluding hydrogens is 314 g/mol. The lowest BCUT2D eigenvalue weighted by atomic mass is 10.0. The van der Waals surface area contributed by atoms with Crippen molar-refractivity contribution in [1.29, 1.82) is 0 Å². The molecule has 2 amide bonds. The monoisotopic (exact) mass is 337 g/mol. The van der Waals surface area contributed by atoms with Crippen molar-refractivity contribution in [2.24, 2.45) is 5.16 Å². The number of nitrogens with one attached hydrogen (secondary N) is 2. The van der Waals surface area contributed by atoms with E-state index in [-0.39, 0.29) is 18.2 Å². The van der Waals surface area contributed by atoms with Gasteiger partial charge in [0, 0.05) is 12.5 Å². The Morgan fingerprint density at radius 2 is 1.72 bits per heavy atom. The Balaban J connectivity index is 1.54. The fraction of sp³-hybridized carbons (Fsp3) is 0.300. The molecule has 1 atom stereocenters. The van der Waals surface area contributed by atoms with Crippen LogP contribution in [0.25, 0.3) is 11.1 Å². The SMILES string of the molecule is CC(C)NC(=O)NC[C@H]1CC(c2ccc(-c3ccccc3)cc2)=NO1. The van der Waals surface area contributed by atoms with E-state index in [2.05, 4.69) is 52.2 Å². The zero-order chi connectivity index (χ0) is 17.6. The molecule has 1 aliphatic rings. The van der Waals surface area contributed by atoms with Crippen molar-refractivity contribution >= 4 is 11.7 Å². The molecule has 2 N–H and O–H groups in total. The average molecular weight is 337 g/mol. The smallest absolute Gasteiger partial charge is 0.315 e. The minimum Gasteiger partial charge on any atom is -0.390 e. The Labute approximate surface area is 148 Å². The molecule has 5 nitrogen and oxygen atoms in total. The summed E-state index contributed by atoms with van der Waals surface area (Å²) in [6, 6.07) is 18.5. The fourth-order valence-electron chi connectivity index (χ4n) is 2.71. The lowest BCUT2D eigenvalue weighted by Crippen LogP contribution is -2.42. The molecule has 0 fully saturated rings. The molecule has 25 heavy (non-hydrogen) atoms. The van der Waals surface area contributed by atoms with E-state index >= 15 is 0 Å². The molecule has 3 rings (SSSR count). The van der Waals surface area contributed by atoms with Crippen molar-refractivity contribution < 1.29 is 9.63 Å². The molecule has 0 aliphatic carbocycles. The Kier molecular flexibility index (Phi) is 5.33. The van der Waals surface area contributed by atoms with Gasteiger partial charge in [0.15, 0.2) is 6.10 Å². The van der Waals surface area contributed by atoms with Crippen LogP contribution in [0.4, 0.5) is 4.79 Å². The van der Waals surface area contributed by atoms with Crippen LogP contribution in [0, 0.1) is 0 Å². The van der Waals surface area contributed by atoms with Gasteiger partial charge in [-0.25, -0.2) is 4.79 Å². The van der Waals surface area contributed by atoms with E-state index in [1.165, 1.54) is 11.1 Å². The van der Waals surface area contributed by atoms with Crippen molar-refractivity contribution in [2.75, 3.05) is 6.54 Å². The van der Waals surface area contributed by atoms with E-state index in [1.807, 2.05) is 32.0 Å². The molecule has 0 aromatic heterocycles. The number of carbonyl (C=O) groups is 1. The number of nitrogens with zero attached hydrogens (tertiary/aromatic N) is 1. The van der Waals surface area contributed by atoms with Gasteiger partial charge in [0.2, 0.25) is 0 Å². The van der Waals surface area contributed by atoms with Gasteiger partial charge in [-0.2, -0.15) is 0 Å². The first-order valence-corrected chi connectivity index (χ1v) is 8.55. The van der Waals surface area contributed by atoms with Crippen molar-refractivity contribution in [1.82, 2.24) is 10.6 Å². The Hall–Kier alpha value is -2.82. The van der Waals surface area contributed by atoms with Gasteiger partial charge in [0.05, 0.1) is 12.3 Å². The Bertz CT molecular complexity index is 739. The van der Waals surface area contributed by atoms with Gasteiger partial charge >= 0.3 is 6.03 Å². The second-order valence-corrected chi connectivity index (χ2v) is 6.42. The maximum Gasteiger partial charge on any atom is 0.315 e. The summed E-state index contributed by atoms with van der Waals surface area (Å²) < 4.78 is 0. The normalized spacial score (nSPS) is 16.3. The van der Waals surface area contributed by atoms with E-state index in [1.54, 1.807) is 0 Å². The summed E-state index contributed by atoms with van der Waals surface area (Å²) in [6.07, 6.45) is 0.564. The van der Waals surface area contributed by atoms with Gasteiger partial charge in [-0.3, -0.25) is 0 Å². The summed E-state index contributed by atoms with van der Waals surface area (Å²) in [7, 11) is 0. The molecule has 1 heterocycles. The number of carbonyl (C=O) groups excluding carboxylic acids is 1. The molecule has 130 valence electrons. The third kappa shape index (κ3) is 4.59. The standard InChI is InChI=1S/C20H23N3O2/c1-14(2)22-20(24)21-13-18-12-19(23-25-18)17-10-8-16(9-11-17)15-6-4-3-5-7-15/h3-11,14,18H,12-13H2,1-2H3,(H2,21,22,24)/t18-/m1/s1. The van der Waals surface area contributed by atoms with Crippen molar-refractivity contribution in [3.05, 3.63) is 60.2 Å².